The van der Waals surface area contributed by atoms with E-state index in [4.69, 9.17) is 9.47 Å². The van der Waals surface area contributed by atoms with Crippen molar-refractivity contribution in [2.45, 2.75) is 86.7 Å². The van der Waals surface area contributed by atoms with Gasteiger partial charge in [0.2, 0.25) is 33.5 Å². The Labute approximate surface area is 305 Å². The molecule has 53 heavy (non-hydrogen) atoms. The normalized spacial score (nSPS) is 26.8. The molecule has 2 aliphatic heterocycles. The molecule has 3 N–H and O–H groups in total. The number of fused-ring (bicyclic) bond motifs is 2. The third-order valence-corrected chi connectivity index (χ3v) is 11.8. The number of ether oxygens (including phenoxy) is 2. The second-order valence-electron chi connectivity index (χ2n) is 13.7. The average Bonchev–Trinajstić information content (AvgIpc) is 4.02. The molecule has 2 aliphatic carbocycles. The number of allylic oxidation sites excluding steroid dienone is 1. The lowest BCUT2D eigenvalue weighted by Crippen LogP contribution is -2.58. The SMILES string of the molecule is COc1ccc(-c2nnn([C@@H]3C[C@H]4C(=O)N[C@]5(C(=O)NS(=O)(=O)C6CC6)C[C@@H]5/C=C\CCCCC[C@H](NC(=O)Oc5cnccn5)C(=O)N4C3)n2)cc1. The summed E-state index contributed by atoms with van der Waals surface area (Å²) in [5, 5.41) is 17.9. The van der Waals surface area contributed by atoms with Crippen molar-refractivity contribution in [2.75, 3.05) is 13.7 Å². The summed E-state index contributed by atoms with van der Waals surface area (Å²) in [5.74, 6) is -1.54. The number of nitrogens with one attached hydrogen (secondary N) is 3. The molecule has 5 atom stereocenters. The van der Waals surface area contributed by atoms with Crippen LogP contribution in [0.4, 0.5) is 4.79 Å². The van der Waals surface area contributed by atoms with Crippen LogP contribution in [-0.2, 0) is 24.4 Å². The van der Waals surface area contributed by atoms with Gasteiger partial charge >= 0.3 is 6.09 Å². The van der Waals surface area contributed by atoms with Crippen LogP contribution in [0.3, 0.4) is 0 Å². The Kier molecular flexibility index (Phi) is 10.1. The van der Waals surface area contributed by atoms with Crippen molar-refractivity contribution in [1.82, 2.24) is 50.4 Å². The summed E-state index contributed by atoms with van der Waals surface area (Å²) in [7, 11) is -2.34. The summed E-state index contributed by atoms with van der Waals surface area (Å²) >= 11 is 0. The monoisotopic (exact) mass is 748 g/mol. The number of hydrogen-bond donors (Lipinski definition) is 3. The van der Waals surface area contributed by atoms with Gasteiger partial charge in [0.25, 0.3) is 5.91 Å². The largest absolute Gasteiger partial charge is 0.497 e. The summed E-state index contributed by atoms with van der Waals surface area (Å²) in [5.41, 5.74) is -0.847. The average molecular weight is 749 g/mol. The molecule has 0 radical (unpaired) electrons. The minimum absolute atomic E-state index is 0.0225. The Hall–Kier alpha value is -5.46. The van der Waals surface area contributed by atoms with E-state index in [2.05, 4.69) is 40.7 Å². The van der Waals surface area contributed by atoms with Crippen LogP contribution in [0.15, 0.2) is 55.0 Å². The van der Waals surface area contributed by atoms with Crippen LogP contribution in [0.1, 0.15) is 63.8 Å². The number of sulfonamides is 1. The van der Waals surface area contributed by atoms with E-state index >= 15 is 0 Å². The van der Waals surface area contributed by atoms with Gasteiger partial charge in [-0.2, -0.15) is 4.80 Å². The Morgan fingerprint density at radius 2 is 1.87 bits per heavy atom. The van der Waals surface area contributed by atoms with Crippen LogP contribution in [0.25, 0.3) is 11.4 Å². The Balaban J connectivity index is 1.17. The number of rotatable bonds is 8. The van der Waals surface area contributed by atoms with Crippen LogP contribution in [0, 0.1) is 5.92 Å². The van der Waals surface area contributed by atoms with Gasteiger partial charge in [-0.1, -0.05) is 25.0 Å². The Morgan fingerprint density at radius 1 is 1.06 bits per heavy atom. The molecule has 4 amide bonds. The van der Waals surface area contributed by atoms with E-state index in [1.54, 1.807) is 31.4 Å². The number of aromatic nitrogens is 6. The standard InChI is InChI=1S/C34H40N10O8S/c1-51-24-11-9-21(10-12-24)29-39-42-44(40-29)23-17-27-30(45)38-34(32(47)41-53(49,50)25-13-14-25)18-22(34)7-5-3-2-4-6-8-26(31(46)43(27)20-23)37-33(48)52-28-19-35-15-16-36-28/h5,7,9-12,15-16,19,22-23,25-27H,2-4,6,8,13-14,17-18,20H2,1H3,(H,37,48)(H,38,45)(H,41,47)/b7-5-/t22-,23+,26-,27-,34+/m0/s1. The van der Waals surface area contributed by atoms with E-state index in [1.807, 2.05) is 12.2 Å². The lowest BCUT2D eigenvalue weighted by Gasteiger charge is -2.29. The molecule has 3 fully saturated rings. The molecular weight excluding hydrogens is 709 g/mol. The fourth-order valence-electron chi connectivity index (χ4n) is 6.79. The number of hydrogen-bond acceptors (Lipinski definition) is 13. The number of methoxy groups -OCH3 is 1. The van der Waals surface area contributed by atoms with E-state index in [0.29, 0.717) is 42.8 Å². The van der Waals surface area contributed by atoms with Crippen LogP contribution in [0.2, 0.25) is 0 Å². The van der Waals surface area contributed by atoms with Gasteiger partial charge in [0.15, 0.2) is 0 Å². The number of nitrogens with zero attached hydrogens (tertiary/aromatic N) is 7. The molecule has 19 heteroatoms. The van der Waals surface area contributed by atoms with E-state index in [0.717, 1.165) is 12.8 Å². The van der Waals surface area contributed by atoms with Crippen LogP contribution < -0.4 is 24.8 Å². The van der Waals surface area contributed by atoms with Gasteiger partial charge < -0.3 is 25.0 Å². The maximum atomic E-state index is 14.4. The number of tetrazole rings is 1. The second kappa shape index (κ2) is 14.9. The van der Waals surface area contributed by atoms with E-state index in [1.165, 1.54) is 28.3 Å². The van der Waals surface area contributed by atoms with E-state index < -0.39 is 68.7 Å². The quantitative estimate of drug-likeness (QED) is 0.277. The van der Waals surface area contributed by atoms with E-state index in [-0.39, 0.29) is 31.7 Å². The van der Waals surface area contributed by atoms with Crippen LogP contribution in [0.5, 0.6) is 11.6 Å². The summed E-state index contributed by atoms with van der Waals surface area (Å²) in [6.07, 6.45) is 11.0. The Morgan fingerprint density at radius 3 is 2.60 bits per heavy atom. The molecule has 2 saturated carbocycles. The van der Waals surface area contributed by atoms with Gasteiger partial charge in [-0.05, 0) is 68.0 Å². The van der Waals surface area contributed by atoms with Crippen LogP contribution >= 0.6 is 0 Å². The highest BCUT2D eigenvalue weighted by atomic mass is 32.2. The first-order valence-electron chi connectivity index (χ1n) is 17.6. The van der Waals surface area contributed by atoms with Crippen molar-refractivity contribution in [3.63, 3.8) is 0 Å². The first kappa shape index (κ1) is 35.9. The summed E-state index contributed by atoms with van der Waals surface area (Å²) in [4.78, 5) is 66.0. The molecule has 2 aromatic heterocycles. The van der Waals surface area contributed by atoms with Gasteiger partial charge in [0.1, 0.15) is 23.4 Å². The van der Waals surface area contributed by atoms with Crippen molar-refractivity contribution >= 4 is 33.8 Å². The fraction of sp³-hybridized carbons (Fsp3) is 0.500. The van der Waals surface area contributed by atoms with Gasteiger partial charge in [-0.15, -0.1) is 10.2 Å². The molecule has 7 rings (SSSR count). The highest BCUT2D eigenvalue weighted by Crippen LogP contribution is 2.46. The van der Waals surface area contributed by atoms with Crippen molar-refractivity contribution in [3.8, 4) is 23.0 Å². The number of carbonyl (C=O) groups excluding carboxylic acids is 4. The Bertz CT molecular complexity index is 1990. The minimum Gasteiger partial charge on any atom is -0.497 e. The molecule has 4 aliphatic rings. The molecule has 4 heterocycles. The molecule has 3 aromatic rings. The molecule has 1 aromatic carbocycles. The molecule has 18 nitrogen and oxygen atoms in total. The van der Waals surface area contributed by atoms with Gasteiger partial charge in [0.05, 0.1) is 24.6 Å². The topological polar surface area (TPSA) is 230 Å². The zero-order valence-electron chi connectivity index (χ0n) is 29.0. The summed E-state index contributed by atoms with van der Waals surface area (Å²) in [6, 6.07) is 4.24. The summed E-state index contributed by atoms with van der Waals surface area (Å²) in [6.45, 7) is -0.0225. The van der Waals surface area contributed by atoms with Crippen molar-refractivity contribution in [3.05, 3.63) is 55.0 Å². The van der Waals surface area contributed by atoms with E-state index in [9.17, 15) is 27.6 Å². The highest BCUT2D eigenvalue weighted by Gasteiger charge is 2.62. The molecule has 280 valence electrons. The zero-order valence-corrected chi connectivity index (χ0v) is 29.8. The smallest absolute Gasteiger partial charge is 0.414 e. The fourth-order valence-corrected chi connectivity index (χ4v) is 8.15. The van der Waals surface area contributed by atoms with Gasteiger partial charge in [-0.3, -0.25) is 24.1 Å². The number of amides is 4. The predicted molar refractivity (Wildman–Crippen MR) is 185 cm³/mol. The second-order valence-corrected chi connectivity index (χ2v) is 15.7. The third-order valence-electron chi connectivity index (χ3n) is 9.99. The number of benzene rings is 1. The van der Waals surface area contributed by atoms with Crippen molar-refractivity contribution in [2.24, 2.45) is 5.92 Å². The van der Waals surface area contributed by atoms with Crippen molar-refractivity contribution < 1.29 is 37.1 Å². The van der Waals surface area contributed by atoms with Gasteiger partial charge in [0, 0.05) is 36.8 Å². The predicted octanol–water partition coefficient (Wildman–Crippen LogP) is 1.44. The molecule has 0 unspecified atom stereocenters. The third kappa shape index (κ3) is 7.98. The molecule has 0 bridgehead atoms. The summed E-state index contributed by atoms with van der Waals surface area (Å²) < 4.78 is 38.3. The first-order valence-corrected chi connectivity index (χ1v) is 19.1. The molecule has 1 saturated heterocycles. The molecular formula is C34H40N10O8S. The van der Waals surface area contributed by atoms with Crippen LogP contribution in [-0.4, -0.2) is 104 Å². The minimum atomic E-state index is -3.90. The first-order chi connectivity index (χ1) is 25.6. The molecule has 0 spiro atoms. The highest BCUT2D eigenvalue weighted by molar-refractivity contribution is 7.91. The lowest BCUT2D eigenvalue weighted by atomic mass is 10.0. The van der Waals surface area contributed by atoms with Crippen molar-refractivity contribution in [1.29, 1.82) is 0 Å². The zero-order chi connectivity index (χ0) is 37.2. The van der Waals surface area contributed by atoms with Gasteiger partial charge in [-0.25, -0.2) is 18.2 Å². The maximum absolute atomic E-state index is 14.4. The maximum Gasteiger partial charge on any atom is 0.414 e. The number of carbonyl (C=O) groups is 4. The lowest BCUT2D eigenvalue weighted by molar-refractivity contribution is -0.141.